The molecular weight excluding hydrogens is 302 g/mol. The maximum absolute atomic E-state index is 11.7. The van der Waals surface area contributed by atoms with Gasteiger partial charge in [0.2, 0.25) is 5.82 Å². The van der Waals surface area contributed by atoms with E-state index in [9.17, 15) is 8.42 Å². The van der Waals surface area contributed by atoms with Crippen LogP contribution in [0.3, 0.4) is 0 Å². The molecule has 1 saturated heterocycles. The van der Waals surface area contributed by atoms with Crippen molar-refractivity contribution in [3.05, 3.63) is 29.8 Å². The second-order valence-corrected chi connectivity index (χ2v) is 8.10. The standard InChI is InChI=1S/C14H19N5O2S/c1-10(19-7-6-13(9-19)22(2,20)21)11-4-3-5-12(8-11)14-15-17-18-16-14/h3-5,8,10,13H,6-7,9H2,1-2H3,(H,15,16,17,18). The summed E-state index contributed by atoms with van der Waals surface area (Å²) in [5, 5.41) is 13.7. The van der Waals surface area contributed by atoms with Crippen molar-refractivity contribution in [2.45, 2.75) is 24.6 Å². The summed E-state index contributed by atoms with van der Waals surface area (Å²) in [6.45, 7) is 3.48. The first-order valence-electron chi connectivity index (χ1n) is 7.22. The number of hydrogen-bond acceptors (Lipinski definition) is 6. The molecule has 2 atom stereocenters. The number of benzene rings is 1. The molecule has 0 bridgehead atoms. The third kappa shape index (κ3) is 3.02. The summed E-state index contributed by atoms with van der Waals surface area (Å²) in [5.41, 5.74) is 2.02. The molecule has 1 aliphatic rings. The molecule has 22 heavy (non-hydrogen) atoms. The van der Waals surface area contributed by atoms with E-state index < -0.39 is 9.84 Å². The van der Waals surface area contributed by atoms with Gasteiger partial charge in [0.1, 0.15) is 0 Å². The van der Waals surface area contributed by atoms with Crippen molar-refractivity contribution in [3.63, 3.8) is 0 Å². The van der Waals surface area contributed by atoms with Gasteiger partial charge in [0.25, 0.3) is 0 Å². The van der Waals surface area contributed by atoms with E-state index in [1.54, 1.807) is 0 Å². The maximum atomic E-state index is 11.7. The fraction of sp³-hybridized carbons (Fsp3) is 0.500. The minimum atomic E-state index is -2.97. The minimum Gasteiger partial charge on any atom is -0.295 e. The molecular formula is C14H19N5O2S. The van der Waals surface area contributed by atoms with Crippen molar-refractivity contribution in [2.75, 3.05) is 19.3 Å². The predicted molar refractivity (Wildman–Crippen MR) is 82.9 cm³/mol. The Labute approximate surface area is 129 Å². The lowest BCUT2D eigenvalue weighted by Crippen LogP contribution is -2.28. The Bertz CT molecular complexity index is 744. The molecule has 8 heteroatoms. The van der Waals surface area contributed by atoms with Gasteiger partial charge in [-0.15, -0.1) is 10.2 Å². The number of hydrogen-bond donors (Lipinski definition) is 1. The Morgan fingerprint density at radius 2 is 2.23 bits per heavy atom. The Morgan fingerprint density at radius 3 is 2.86 bits per heavy atom. The van der Waals surface area contributed by atoms with E-state index in [4.69, 9.17) is 0 Å². The Morgan fingerprint density at radius 1 is 1.41 bits per heavy atom. The van der Waals surface area contributed by atoms with Gasteiger partial charge in [0, 0.05) is 31.0 Å². The van der Waals surface area contributed by atoms with Crippen molar-refractivity contribution >= 4 is 9.84 Å². The van der Waals surface area contributed by atoms with Crippen molar-refractivity contribution < 1.29 is 8.42 Å². The van der Waals surface area contributed by atoms with E-state index in [0.717, 1.165) is 17.7 Å². The van der Waals surface area contributed by atoms with Gasteiger partial charge in [0.15, 0.2) is 9.84 Å². The molecule has 1 fully saturated rings. The summed E-state index contributed by atoms with van der Waals surface area (Å²) >= 11 is 0. The summed E-state index contributed by atoms with van der Waals surface area (Å²) in [4.78, 5) is 2.21. The summed E-state index contributed by atoms with van der Waals surface area (Å²) in [6, 6.07) is 8.12. The molecule has 0 saturated carbocycles. The van der Waals surface area contributed by atoms with E-state index in [2.05, 4.69) is 32.4 Å². The smallest absolute Gasteiger partial charge is 0.204 e. The summed E-state index contributed by atoms with van der Waals surface area (Å²) < 4.78 is 23.4. The molecule has 1 N–H and O–H groups in total. The quantitative estimate of drug-likeness (QED) is 0.905. The van der Waals surface area contributed by atoms with Gasteiger partial charge < -0.3 is 0 Å². The highest BCUT2D eigenvalue weighted by Gasteiger charge is 2.32. The van der Waals surface area contributed by atoms with Crippen LogP contribution in [0.2, 0.25) is 0 Å². The number of sulfone groups is 1. The minimum absolute atomic E-state index is 0.151. The van der Waals surface area contributed by atoms with Gasteiger partial charge in [-0.2, -0.15) is 5.21 Å². The third-order valence-electron chi connectivity index (χ3n) is 4.30. The van der Waals surface area contributed by atoms with Gasteiger partial charge in [-0.1, -0.05) is 18.2 Å². The molecule has 1 aromatic heterocycles. The number of H-pyrrole nitrogens is 1. The molecule has 0 spiro atoms. The molecule has 1 aromatic carbocycles. The summed E-state index contributed by atoms with van der Waals surface area (Å²) in [7, 11) is -2.97. The van der Waals surface area contributed by atoms with Crippen LogP contribution in [0, 0.1) is 0 Å². The predicted octanol–water partition coefficient (Wildman–Crippen LogP) is 1.05. The first-order valence-corrected chi connectivity index (χ1v) is 9.17. The Hall–Kier alpha value is -1.80. The lowest BCUT2D eigenvalue weighted by molar-refractivity contribution is 0.263. The fourth-order valence-corrected chi connectivity index (χ4v) is 3.88. The summed E-state index contributed by atoms with van der Waals surface area (Å²) in [6.07, 6.45) is 2.02. The van der Waals surface area contributed by atoms with E-state index in [1.807, 2.05) is 24.3 Å². The van der Waals surface area contributed by atoms with Crippen LogP contribution in [0.4, 0.5) is 0 Å². The highest BCUT2D eigenvalue weighted by molar-refractivity contribution is 7.91. The van der Waals surface area contributed by atoms with Crippen LogP contribution < -0.4 is 0 Å². The van der Waals surface area contributed by atoms with E-state index in [1.165, 1.54) is 6.26 Å². The second kappa shape index (κ2) is 5.77. The van der Waals surface area contributed by atoms with Gasteiger partial charge >= 0.3 is 0 Å². The van der Waals surface area contributed by atoms with Crippen LogP contribution in [0.15, 0.2) is 24.3 Å². The fourth-order valence-electron chi connectivity index (χ4n) is 2.89. The molecule has 2 heterocycles. The van der Waals surface area contributed by atoms with E-state index >= 15 is 0 Å². The van der Waals surface area contributed by atoms with Crippen LogP contribution >= 0.6 is 0 Å². The number of likely N-dealkylation sites (tertiary alicyclic amines) is 1. The molecule has 1 aliphatic heterocycles. The molecule has 118 valence electrons. The lowest BCUT2D eigenvalue weighted by Gasteiger charge is -2.24. The largest absolute Gasteiger partial charge is 0.295 e. The molecule has 0 amide bonds. The molecule has 3 rings (SSSR count). The van der Waals surface area contributed by atoms with Gasteiger partial charge in [0.05, 0.1) is 5.25 Å². The lowest BCUT2D eigenvalue weighted by atomic mass is 10.0. The molecule has 0 aliphatic carbocycles. The Kier molecular flexibility index (Phi) is 3.96. The maximum Gasteiger partial charge on any atom is 0.204 e. The van der Waals surface area contributed by atoms with Crippen LogP contribution in [-0.2, 0) is 9.84 Å². The Balaban J connectivity index is 1.79. The number of nitrogens with zero attached hydrogens (tertiary/aromatic N) is 4. The average Bonchev–Trinajstić information content (AvgIpc) is 3.17. The van der Waals surface area contributed by atoms with Crippen molar-refractivity contribution in [2.24, 2.45) is 0 Å². The second-order valence-electron chi connectivity index (χ2n) is 5.77. The number of aromatic nitrogens is 4. The number of nitrogens with one attached hydrogen (secondary N) is 1. The first kappa shape index (κ1) is 15.1. The molecule has 2 unspecified atom stereocenters. The van der Waals surface area contributed by atoms with Crippen LogP contribution in [0.1, 0.15) is 24.9 Å². The number of rotatable bonds is 4. The molecule has 2 aromatic rings. The molecule has 0 radical (unpaired) electrons. The van der Waals surface area contributed by atoms with Crippen molar-refractivity contribution in [1.82, 2.24) is 25.5 Å². The monoisotopic (exact) mass is 321 g/mol. The zero-order valence-corrected chi connectivity index (χ0v) is 13.4. The van der Waals surface area contributed by atoms with Crippen molar-refractivity contribution in [3.8, 4) is 11.4 Å². The van der Waals surface area contributed by atoms with Gasteiger partial charge in [-0.3, -0.25) is 4.90 Å². The number of aromatic amines is 1. The zero-order chi connectivity index (χ0) is 15.7. The van der Waals surface area contributed by atoms with Crippen LogP contribution in [0.25, 0.3) is 11.4 Å². The number of tetrazole rings is 1. The summed E-state index contributed by atoms with van der Waals surface area (Å²) in [5.74, 6) is 0.560. The van der Waals surface area contributed by atoms with Gasteiger partial charge in [-0.05, 0) is 30.2 Å². The van der Waals surface area contributed by atoms with Gasteiger partial charge in [-0.25, -0.2) is 8.42 Å². The topological polar surface area (TPSA) is 91.8 Å². The average molecular weight is 321 g/mol. The normalized spacial score (nSPS) is 21.1. The highest BCUT2D eigenvalue weighted by Crippen LogP contribution is 2.28. The van der Waals surface area contributed by atoms with Crippen LogP contribution in [0.5, 0.6) is 0 Å². The SMILES string of the molecule is CC(c1cccc(-c2nn[nH]n2)c1)N1CCC(S(C)(=O)=O)C1. The van der Waals surface area contributed by atoms with E-state index in [-0.39, 0.29) is 11.3 Å². The third-order valence-corrected chi connectivity index (χ3v) is 5.90. The zero-order valence-electron chi connectivity index (χ0n) is 12.6. The van der Waals surface area contributed by atoms with E-state index in [0.29, 0.717) is 18.8 Å². The highest BCUT2D eigenvalue weighted by atomic mass is 32.2. The molecule has 7 nitrogen and oxygen atoms in total. The first-order chi connectivity index (χ1) is 10.4. The van der Waals surface area contributed by atoms with Crippen LogP contribution in [-0.4, -0.2) is 58.5 Å². The van der Waals surface area contributed by atoms with Crippen molar-refractivity contribution in [1.29, 1.82) is 0 Å².